The molecule has 0 bridgehead atoms. The van der Waals surface area contributed by atoms with Crippen LogP contribution in [0.3, 0.4) is 0 Å². The highest BCUT2D eigenvalue weighted by Gasteiger charge is 2.18. The molecule has 168 valence electrons. The van der Waals surface area contributed by atoms with Crippen LogP contribution in [0.25, 0.3) is 0 Å². The number of oxazole rings is 1. The van der Waals surface area contributed by atoms with E-state index in [4.69, 9.17) is 18.6 Å². The number of rotatable bonds is 10. The van der Waals surface area contributed by atoms with Crippen molar-refractivity contribution in [1.29, 1.82) is 0 Å². The third kappa shape index (κ3) is 5.66. The molecule has 1 aliphatic rings. The maximum Gasteiger partial charge on any atom is 0.273 e. The molecule has 0 aliphatic carbocycles. The Hall–Kier alpha value is -3.36. The van der Waals surface area contributed by atoms with Gasteiger partial charge in [0, 0.05) is 26.7 Å². The van der Waals surface area contributed by atoms with Crippen molar-refractivity contribution in [3.05, 3.63) is 77.0 Å². The van der Waals surface area contributed by atoms with E-state index < -0.39 is 0 Å². The van der Waals surface area contributed by atoms with Crippen molar-refractivity contribution in [3.8, 4) is 11.5 Å². The predicted molar refractivity (Wildman–Crippen MR) is 117 cm³/mol. The average Bonchev–Trinajstić information content (AvgIpc) is 3.44. The lowest BCUT2D eigenvalue weighted by atomic mass is 10.1. The van der Waals surface area contributed by atoms with Crippen LogP contribution in [0.2, 0.25) is 0 Å². The van der Waals surface area contributed by atoms with Crippen molar-refractivity contribution in [2.24, 2.45) is 0 Å². The number of hydrogen-bond acceptors (Lipinski definition) is 7. The van der Waals surface area contributed by atoms with Crippen molar-refractivity contribution in [1.82, 2.24) is 15.2 Å². The summed E-state index contributed by atoms with van der Waals surface area (Å²) >= 11 is 0. The first kappa shape index (κ1) is 21.9. The van der Waals surface area contributed by atoms with Crippen molar-refractivity contribution in [3.63, 3.8) is 0 Å². The Balaban J connectivity index is 1.47. The Kier molecular flexibility index (Phi) is 7.03. The minimum Gasteiger partial charge on any atom is -0.454 e. The molecular formula is C24H27N3O5. The monoisotopic (exact) mass is 437 g/mol. The lowest BCUT2D eigenvalue weighted by molar-refractivity contribution is 0.0932. The van der Waals surface area contributed by atoms with E-state index in [1.807, 2.05) is 18.2 Å². The molecule has 8 nitrogen and oxygen atoms in total. The van der Waals surface area contributed by atoms with E-state index in [0.717, 1.165) is 17.1 Å². The van der Waals surface area contributed by atoms with Crippen LogP contribution in [0.5, 0.6) is 11.5 Å². The molecule has 0 saturated carbocycles. The Labute approximate surface area is 187 Å². The first-order valence-electron chi connectivity index (χ1n) is 10.5. The number of amides is 1. The smallest absolute Gasteiger partial charge is 0.273 e. The summed E-state index contributed by atoms with van der Waals surface area (Å²) in [5.41, 5.74) is 3.74. The van der Waals surface area contributed by atoms with Gasteiger partial charge in [0.05, 0.1) is 13.2 Å². The van der Waals surface area contributed by atoms with Gasteiger partial charge < -0.3 is 23.9 Å². The molecule has 3 aromatic rings. The van der Waals surface area contributed by atoms with Gasteiger partial charge in [0.15, 0.2) is 17.2 Å². The summed E-state index contributed by atoms with van der Waals surface area (Å²) in [5, 5.41) is 2.75. The fourth-order valence-corrected chi connectivity index (χ4v) is 3.45. The molecule has 0 atom stereocenters. The predicted octanol–water partition coefficient (Wildman–Crippen LogP) is 3.29. The lowest BCUT2D eigenvalue weighted by Crippen LogP contribution is -2.27. The van der Waals surface area contributed by atoms with Gasteiger partial charge in [-0.2, -0.15) is 0 Å². The number of fused-ring (bicyclic) bond motifs is 1. The van der Waals surface area contributed by atoms with Gasteiger partial charge in [-0.3, -0.25) is 9.69 Å². The molecule has 8 heteroatoms. The number of ether oxygens (including phenoxy) is 3. The molecule has 1 amide bonds. The number of benzene rings is 2. The third-order valence-electron chi connectivity index (χ3n) is 5.10. The maximum absolute atomic E-state index is 12.2. The Morgan fingerprint density at radius 3 is 2.62 bits per heavy atom. The molecule has 0 spiro atoms. The molecule has 0 radical (unpaired) electrons. The summed E-state index contributed by atoms with van der Waals surface area (Å²) in [6.07, 6.45) is 1.39. The van der Waals surface area contributed by atoms with Gasteiger partial charge in [0.25, 0.3) is 5.91 Å². The van der Waals surface area contributed by atoms with Crippen molar-refractivity contribution < 1.29 is 23.4 Å². The van der Waals surface area contributed by atoms with Crippen molar-refractivity contribution >= 4 is 5.91 Å². The summed E-state index contributed by atoms with van der Waals surface area (Å²) in [6.45, 7) is 4.98. The number of nitrogens with one attached hydrogen (secondary N) is 1. The van der Waals surface area contributed by atoms with Crippen molar-refractivity contribution in [2.75, 3.05) is 27.1 Å². The molecule has 2 aromatic carbocycles. The standard InChI is InChI=1S/C24H27N3O5/c1-17-3-5-18(6-4-17)12-27(13-19-7-8-21-22(11-19)32-16-31-21)14-23-26-20(15-30-23)24(28)25-9-10-29-2/h3-8,11,15H,9-10,12-14,16H2,1-2H3,(H,25,28). The minimum absolute atomic E-state index is 0.247. The summed E-state index contributed by atoms with van der Waals surface area (Å²) in [4.78, 5) is 18.8. The first-order valence-corrected chi connectivity index (χ1v) is 10.5. The Morgan fingerprint density at radius 2 is 1.81 bits per heavy atom. The summed E-state index contributed by atoms with van der Waals surface area (Å²) < 4.78 is 21.5. The van der Waals surface area contributed by atoms with E-state index >= 15 is 0 Å². The van der Waals surface area contributed by atoms with Crippen LogP contribution in [0, 0.1) is 6.92 Å². The number of nitrogens with zero attached hydrogens (tertiary/aromatic N) is 2. The third-order valence-corrected chi connectivity index (χ3v) is 5.10. The van der Waals surface area contributed by atoms with Gasteiger partial charge in [0.2, 0.25) is 12.7 Å². The zero-order chi connectivity index (χ0) is 22.3. The van der Waals surface area contributed by atoms with Crippen LogP contribution in [0.4, 0.5) is 0 Å². The maximum atomic E-state index is 12.2. The number of carbonyl (C=O) groups excluding carboxylic acids is 1. The van der Waals surface area contributed by atoms with Gasteiger partial charge in [-0.25, -0.2) is 4.98 Å². The number of methoxy groups -OCH3 is 1. The number of aryl methyl sites for hydroxylation is 1. The number of hydrogen-bond donors (Lipinski definition) is 1. The van der Waals surface area contributed by atoms with Gasteiger partial charge in [0.1, 0.15) is 6.26 Å². The normalized spacial score (nSPS) is 12.3. The van der Waals surface area contributed by atoms with Gasteiger partial charge >= 0.3 is 0 Å². The van der Waals surface area contributed by atoms with Crippen LogP contribution in [-0.4, -0.2) is 42.8 Å². The molecule has 1 N–H and O–H groups in total. The van der Waals surface area contributed by atoms with Gasteiger partial charge in [-0.15, -0.1) is 0 Å². The van der Waals surface area contributed by atoms with E-state index in [9.17, 15) is 4.79 Å². The van der Waals surface area contributed by atoms with E-state index in [1.54, 1.807) is 7.11 Å². The number of carbonyl (C=O) groups is 1. The minimum atomic E-state index is -0.280. The molecule has 32 heavy (non-hydrogen) atoms. The highest BCUT2D eigenvalue weighted by Crippen LogP contribution is 2.33. The fourth-order valence-electron chi connectivity index (χ4n) is 3.45. The molecule has 0 unspecified atom stereocenters. The quantitative estimate of drug-likeness (QED) is 0.487. The second kappa shape index (κ2) is 10.3. The summed E-state index contributed by atoms with van der Waals surface area (Å²) in [7, 11) is 1.59. The van der Waals surface area contributed by atoms with Crippen molar-refractivity contribution in [2.45, 2.75) is 26.6 Å². The average molecular weight is 437 g/mol. The number of aromatic nitrogens is 1. The molecule has 4 rings (SSSR count). The van der Waals surface area contributed by atoms with E-state index in [2.05, 4.69) is 46.4 Å². The molecule has 1 aromatic heterocycles. The molecule has 0 saturated heterocycles. The van der Waals surface area contributed by atoms with Crippen LogP contribution in [0.15, 0.2) is 53.1 Å². The van der Waals surface area contributed by atoms with Crippen LogP contribution in [-0.2, 0) is 24.4 Å². The van der Waals surface area contributed by atoms with Gasteiger partial charge in [-0.05, 0) is 30.2 Å². The molecule has 1 aliphatic heterocycles. The topological polar surface area (TPSA) is 86.1 Å². The van der Waals surface area contributed by atoms with Gasteiger partial charge in [-0.1, -0.05) is 35.9 Å². The largest absolute Gasteiger partial charge is 0.454 e. The molecular weight excluding hydrogens is 410 g/mol. The SMILES string of the molecule is COCCNC(=O)c1coc(CN(Cc2ccc(C)cc2)Cc2ccc3c(c2)OCO3)n1. The van der Waals surface area contributed by atoms with Crippen LogP contribution < -0.4 is 14.8 Å². The second-order valence-corrected chi connectivity index (χ2v) is 7.69. The summed E-state index contributed by atoms with van der Waals surface area (Å²) in [6, 6.07) is 14.4. The van der Waals surface area contributed by atoms with Crippen LogP contribution >= 0.6 is 0 Å². The van der Waals surface area contributed by atoms with E-state index in [-0.39, 0.29) is 18.4 Å². The van der Waals surface area contributed by atoms with E-state index in [1.165, 1.54) is 17.4 Å². The fraction of sp³-hybridized carbons (Fsp3) is 0.333. The van der Waals surface area contributed by atoms with E-state index in [0.29, 0.717) is 38.7 Å². The zero-order valence-electron chi connectivity index (χ0n) is 18.3. The Morgan fingerprint density at radius 1 is 1.06 bits per heavy atom. The lowest BCUT2D eigenvalue weighted by Gasteiger charge is -2.21. The van der Waals surface area contributed by atoms with Crippen LogP contribution in [0.1, 0.15) is 33.1 Å². The molecule has 0 fully saturated rings. The highest BCUT2D eigenvalue weighted by molar-refractivity contribution is 5.91. The zero-order valence-corrected chi connectivity index (χ0v) is 18.3. The Bertz CT molecular complexity index is 1050. The first-order chi connectivity index (χ1) is 15.6. The molecule has 2 heterocycles. The highest BCUT2D eigenvalue weighted by atomic mass is 16.7. The summed E-state index contributed by atoms with van der Waals surface area (Å²) in [5.74, 6) is 1.72. The second-order valence-electron chi connectivity index (χ2n) is 7.69.